The Labute approximate surface area is 141 Å². The molecule has 0 fully saturated rings. The molecule has 0 heterocycles. The Bertz CT molecular complexity index is 569. The molecule has 0 spiro atoms. The summed E-state index contributed by atoms with van der Waals surface area (Å²) in [5, 5.41) is 20.5. The Balaban J connectivity index is 3.26. The maximum atomic E-state index is 10.9. The normalized spacial score (nSPS) is 33.8. The van der Waals surface area contributed by atoms with E-state index in [1.807, 2.05) is 26.8 Å². The first kappa shape index (κ1) is 19.5. The maximum Gasteiger partial charge on any atom is 0.176 e. The zero-order valence-electron chi connectivity index (χ0n) is 15.3. The van der Waals surface area contributed by atoms with Gasteiger partial charge in [-0.2, -0.15) is 5.26 Å². The number of aliphatic hydroxyl groups is 1. The molecule has 1 aliphatic carbocycles. The van der Waals surface area contributed by atoms with E-state index < -0.39 is 5.60 Å². The van der Waals surface area contributed by atoms with Gasteiger partial charge in [-0.25, -0.2) is 0 Å². The average Bonchev–Trinajstić information content (AvgIpc) is 2.46. The van der Waals surface area contributed by atoms with Crippen LogP contribution in [0.3, 0.4) is 0 Å². The second kappa shape index (κ2) is 8.89. The van der Waals surface area contributed by atoms with Crippen LogP contribution < -0.4 is 0 Å². The zero-order valence-corrected chi connectivity index (χ0v) is 15.3. The highest BCUT2D eigenvalue weighted by atomic mass is 16.3. The van der Waals surface area contributed by atoms with E-state index in [1.165, 1.54) is 11.1 Å². The number of hydrogen-bond donors (Lipinski definition) is 1. The van der Waals surface area contributed by atoms with Gasteiger partial charge in [0.2, 0.25) is 0 Å². The Morgan fingerprint density at radius 2 is 1.57 bits per heavy atom. The monoisotopic (exact) mass is 313 g/mol. The average molecular weight is 313 g/mol. The molecule has 2 nitrogen and oxygen atoms in total. The van der Waals surface area contributed by atoms with Crippen molar-refractivity contribution in [2.45, 2.75) is 72.3 Å². The van der Waals surface area contributed by atoms with Crippen molar-refractivity contribution >= 4 is 0 Å². The van der Waals surface area contributed by atoms with Gasteiger partial charge in [-0.05, 0) is 57.9 Å². The summed E-state index contributed by atoms with van der Waals surface area (Å²) in [6.45, 7) is 10.4. The minimum atomic E-state index is -1.42. The molecule has 0 radical (unpaired) electrons. The summed E-state index contributed by atoms with van der Waals surface area (Å²) >= 11 is 0. The third-order valence-electron chi connectivity index (χ3n) is 4.43. The van der Waals surface area contributed by atoms with Crippen LogP contribution in [-0.4, -0.2) is 10.7 Å². The van der Waals surface area contributed by atoms with E-state index in [0.717, 1.165) is 36.8 Å². The number of allylic oxidation sites excluding steroid dienone is 6. The summed E-state index contributed by atoms with van der Waals surface area (Å²) < 4.78 is 0. The van der Waals surface area contributed by atoms with Gasteiger partial charge >= 0.3 is 0 Å². The second-order valence-corrected chi connectivity index (χ2v) is 7.12. The van der Waals surface area contributed by atoms with Gasteiger partial charge in [-0.3, -0.25) is 0 Å². The fraction of sp³-hybridized carbons (Fsp3) is 0.571. The molecule has 0 amide bonds. The van der Waals surface area contributed by atoms with E-state index in [2.05, 4.69) is 38.1 Å². The summed E-state index contributed by atoms with van der Waals surface area (Å²) in [4.78, 5) is 0. The van der Waals surface area contributed by atoms with Gasteiger partial charge in [-0.1, -0.05) is 54.9 Å². The lowest BCUT2D eigenvalue weighted by molar-refractivity contribution is 0.128. The molecule has 2 heteroatoms. The summed E-state index contributed by atoms with van der Waals surface area (Å²) in [6, 6.07) is 2.15. The highest BCUT2D eigenvalue weighted by Gasteiger charge is 2.33. The van der Waals surface area contributed by atoms with Crippen LogP contribution in [0.1, 0.15) is 66.7 Å². The van der Waals surface area contributed by atoms with Crippen molar-refractivity contribution in [3.63, 3.8) is 0 Å². The first-order chi connectivity index (χ1) is 10.8. The van der Waals surface area contributed by atoms with Gasteiger partial charge in [0.15, 0.2) is 5.60 Å². The number of nitrogens with zero attached hydrogens (tertiary/aromatic N) is 1. The van der Waals surface area contributed by atoms with Crippen LogP contribution in [0.2, 0.25) is 0 Å². The van der Waals surface area contributed by atoms with Gasteiger partial charge in [0.05, 0.1) is 0 Å². The Morgan fingerprint density at radius 3 is 2.13 bits per heavy atom. The topological polar surface area (TPSA) is 44.0 Å². The predicted octanol–water partition coefficient (Wildman–Crippen LogP) is 5.63. The lowest BCUT2D eigenvalue weighted by Crippen LogP contribution is -2.32. The molecule has 1 rings (SSSR count). The fourth-order valence-corrected chi connectivity index (χ4v) is 3.00. The molecular weight excluding hydrogens is 282 g/mol. The van der Waals surface area contributed by atoms with Crippen molar-refractivity contribution < 1.29 is 5.11 Å². The summed E-state index contributed by atoms with van der Waals surface area (Å²) in [5.41, 5.74) is 3.15. The zero-order chi connectivity index (χ0) is 17.5. The van der Waals surface area contributed by atoms with Crippen molar-refractivity contribution in [2.24, 2.45) is 5.92 Å². The predicted molar refractivity (Wildman–Crippen MR) is 97.8 cm³/mol. The van der Waals surface area contributed by atoms with Crippen LogP contribution in [0.4, 0.5) is 0 Å². The van der Waals surface area contributed by atoms with Crippen LogP contribution >= 0.6 is 0 Å². The molecule has 1 atom stereocenters. The van der Waals surface area contributed by atoms with E-state index in [1.54, 1.807) is 0 Å². The first-order valence-electron chi connectivity index (χ1n) is 8.61. The van der Waals surface area contributed by atoms with Crippen LogP contribution in [0.15, 0.2) is 46.6 Å². The molecule has 0 aromatic heterocycles. The van der Waals surface area contributed by atoms with Gasteiger partial charge in [0.25, 0.3) is 0 Å². The van der Waals surface area contributed by atoms with Crippen LogP contribution in [0.25, 0.3) is 0 Å². The first-order valence-corrected chi connectivity index (χ1v) is 8.61. The van der Waals surface area contributed by atoms with Crippen molar-refractivity contribution in [3.8, 4) is 6.07 Å². The largest absolute Gasteiger partial charge is 0.371 e. The Kier molecular flexibility index (Phi) is 7.52. The molecule has 1 aliphatic rings. The third kappa shape index (κ3) is 6.20. The van der Waals surface area contributed by atoms with Crippen LogP contribution in [0, 0.1) is 17.2 Å². The van der Waals surface area contributed by atoms with E-state index in [-0.39, 0.29) is 5.92 Å². The third-order valence-corrected chi connectivity index (χ3v) is 4.43. The lowest BCUT2D eigenvalue weighted by Gasteiger charge is -2.27. The van der Waals surface area contributed by atoms with Crippen molar-refractivity contribution in [2.75, 3.05) is 0 Å². The lowest BCUT2D eigenvalue weighted by atomic mass is 9.81. The summed E-state index contributed by atoms with van der Waals surface area (Å²) in [5.74, 6) is 0.131. The fourth-order valence-electron chi connectivity index (χ4n) is 3.00. The van der Waals surface area contributed by atoms with E-state index in [0.29, 0.717) is 6.42 Å². The van der Waals surface area contributed by atoms with Gasteiger partial charge in [0.1, 0.15) is 6.07 Å². The second-order valence-electron chi connectivity index (χ2n) is 7.12. The SMILES string of the molecule is C/C1=C/C=C(/C(C)C)C(O)(C#N)C/C(C)=C\CC/C(C)=C\CC1. The maximum absolute atomic E-state index is 10.9. The van der Waals surface area contributed by atoms with Crippen molar-refractivity contribution in [1.82, 2.24) is 0 Å². The minimum absolute atomic E-state index is 0.131. The smallest absolute Gasteiger partial charge is 0.176 e. The van der Waals surface area contributed by atoms with Gasteiger partial charge in [-0.15, -0.1) is 0 Å². The van der Waals surface area contributed by atoms with Gasteiger partial charge < -0.3 is 5.11 Å². The molecule has 0 aromatic rings. The summed E-state index contributed by atoms with van der Waals surface area (Å²) in [6.07, 6.45) is 12.9. The molecule has 1 N–H and O–H groups in total. The van der Waals surface area contributed by atoms with E-state index in [4.69, 9.17) is 0 Å². The quantitative estimate of drug-likeness (QED) is 0.504. The Hall–Kier alpha value is -1.59. The highest BCUT2D eigenvalue weighted by molar-refractivity contribution is 5.34. The standard InChI is InChI=1S/C21H31NO/c1-16(2)20-13-12-18(4)10-6-8-17(3)9-7-11-19(5)14-21(20,23)15-22/h8,11-13,16,23H,6-7,9-10,14H2,1-5H3/b17-8-,18-12-,19-11-,20-13-. The van der Waals surface area contributed by atoms with E-state index in [9.17, 15) is 10.4 Å². The molecule has 23 heavy (non-hydrogen) atoms. The molecule has 0 aliphatic heterocycles. The summed E-state index contributed by atoms with van der Waals surface area (Å²) in [7, 11) is 0. The minimum Gasteiger partial charge on any atom is -0.371 e. The molecule has 1 unspecified atom stereocenters. The van der Waals surface area contributed by atoms with Crippen molar-refractivity contribution in [1.29, 1.82) is 5.26 Å². The number of rotatable bonds is 1. The number of nitriles is 1. The molecule has 0 saturated carbocycles. The van der Waals surface area contributed by atoms with Gasteiger partial charge in [0, 0.05) is 6.42 Å². The highest BCUT2D eigenvalue weighted by Crippen LogP contribution is 2.31. The van der Waals surface area contributed by atoms with Crippen LogP contribution in [-0.2, 0) is 0 Å². The molecule has 0 saturated heterocycles. The number of hydrogen-bond acceptors (Lipinski definition) is 2. The Morgan fingerprint density at radius 1 is 1.00 bits per heavy atom. The molecule has 126 valence electrons. The molecule has 0 bridgehead atoms. The van der Waals surface area contributed by atoms with Crippen LogP contribution in [0.5, 0.6) is 0 Å². The van der Waals surface area contributed by atoms with Crippen molar-refractivity contribution in [3.05, 3.63) is 46.6 Å². The van der Waals surface area contributed by atoms with E-state index >= 15 is 0 Å². The molecule has 0 aromatic carbocycles. The molecular formula is C21H31NO.